The van der Waals surface area contributed by atoms with Crippen molar-refractivity contribution in [3.05, 3.63) is 36.5 Å². The standard InChI is InChI=1S/C78H149NO5/c1-3-5-7-9-11-13-15-17-18-19-42-45-48-52-56-60-64-68-72-78(83)84-73-69-65-61-57-53-49-46-43-40-38-36-34-32-30-28-26-24-22-20-21-23-25-27-29-31-33-35-37-39-41-44-47-51-55-59-63-67-71-77(82)79-75(74-80)76(81)70-66-62-58-54-50-16-14-12-10-8-6-4-2/h13,15,18-20,22,75-76,80-81H,3-12,14,16-17,21,23-74H2,1-2H3,(H,79,82)/b15-13-,19-18-,22-20-. The Morgan fingerprint density at radius 2 is 0.595 bits per heavy atom. The first-order valence-corrected chi connectivity index (χ1v) is 38.2. The van der Waals surface area contributed by atoms with Crippen LogP contribution in [0.3, 0.4) is 0 Å². The summed E-state index contributed by atoms with van der Waals surface area (Å²) < 4.78 is 5.51. The van der Waals surface area contributed by atoms with E-state index in [4.69, 9.17) is 4.74 Å². The van der Waals surface area contributed by atoms with E-state index < -0.39 is 12.1 Å². The van der Waals surface area contributed by atoms with E-state index in [1.54, 1.807) is 0 Å². The summed E-state index contributed by atoms with van der Waals surface area (Å²) in [5.74, 6) is -0.0148. The molecule has 84 heavy (non-hydrogen) atoms. The SMILES string of the molecule is CCCCCC/C=C\C/C=C\CCCCCCCCCC(=O)OCCCCCCCCCCCCCCCCCC/C=C\CCCCCCCCCCCCCCCCCCCC(=O)NC(CO)C(O)CCCCCCCCCCCCCC. The van der Waals surface area contributed by atoms with E-state index in [0.717, 1.165) is 51.4 Å². The molecule has 0 aromatic rings. The lowest BCUT2D eigenvalue weighted by molar-refractivity contribution is -0.143. The fourth-order valence-corrected chi connectivity index (χ4v) is 12.1. The largest absolute Gasteiger partial charge is 0.466 e. The molecule has 0 aromatic carbocycles. The van der Waals surface area contributed by atoms with E-state index in [-0.39, 0.29) is 18.5 Å². The van der Waals surface area contributed by atoms with E-state index in [1.165, 1.54) is 340 Å². The van der Waals surface area contributed by atoms with Gasteiger partial charge in [-0.15, -0.1) is 0 Å². The van der Waals surface area contributed by atoms with Gasteiger partial charge in [0.2, 0.25) is 5.91 Å². The second-order valence-electron chi connectivity index (χ2n) is 26.3. The Balaban J connectivity index is 3.31. The van der Waals surface area contributed by atoms with Gasteiger partial charge in [-0.3, -0.25) is 9.59 Å². The van der Waals surface area contributed by atoms with E-state index in [0.29, 0.717) is 25.9 Å². The van der Waals surface area contributed by atoms with Crippen molar-refractivity contribution in [2.75, 3.05) is 13.2 Å². The van der Waals surface area contributed by atoms with Gasteiger partial charge < -0.3 is 20.3 Å². The molecular formula is C78H149NO5. The smallest absolute Gasteiger partial charge is 0.305 e. The number of ether oxygens (including phenoxy) is 1. The molecule has 0 saturated carbocycles. The van der Waals surface area contributed by atoms with Crippen LogP contribution >= 0.6 is 0 Å². The average molecular weight is 1180 g/mol. The molecule has 1 amide bonds. The molecule has 2 unspecified atom stereocenters. The van der Waals surface area contributed by atoms with Gasteiger partial charge in [-0.25, -0.2) is 0 Å². The number of aliphatic hydroxyl groups is 2. The molecule has 0 fully saturated rings. The summed E-state index contributed by atoms with van der Waals surface area (Å²) in [7, 11) is 0. The summed E-state index contributed by atoms with van der Waals surface area (Å²) in [5, 5.41) is 23.3. The minimum atomic E-state index is -0.660. The third kappa shape index (κ3) is 69.2. The summed E-state index contributed by atoms with van der Waals surface area (Å²) in [6.45, 7) is 4.96. The Morgan fingerprint density at radius 3 is 0.929 bits per heavy atom. The first kappa shape index (κ1) is 82.1. The lowest BCUT2D eigenvalue weighted by Crippen LogP contribution is -2.45. The van der Waals surface area contributed by atoms with E-state index >= 15 is 0 Å². The van der Waals surface area contributed by atoms with Crippen molar-refractivity contribution in [3.63, 3.8) is 0 Å². The van der Waals surface area contributed by atoms with Crippen LogP contribution in [0.2, 0.25) is 0 Å². The van der Waals surface area contributed by atoms with Crippen molar-refractivity contribution in [1.29, 1.82) is 0 Å². The van der Waals surface area contributed by atoms with Gasteiger partial charge in [0.05, 0.1) is 25.4 Å². The molecule has 0 aliphatic carbocycles. The summed E-state index contributed by atoms with van der Waals surface area (Å²) in [5.41, 5.74) is 0. The first-order valence-electron chi connectivity index (χ1n) is 38.2. The Bertz CT molecular complexity index is 1360. The molecule has 0 saturated heterocycles. The molecule has 496 valence electrons. The Kier molecular flexibility index (Phi) is 71.9. The van der Waals surface area contributed by atoms with E-state index in [9.17, 15) is 19.8 Å². The van der Waals surface area contributed by atoms with E-state index in [2.05, 4.69) is 55.6 Å². The number of hydrogen-bond donors (Lipinski definition) is 3. The fraction of sp³-hybridized carbons (Fsp3) is 0.897. The van der Waals surface area contributed by atoms with Gasteiger partial charge in [-0.2, -0.15) is 0 Å². The maximum Gasteiger partial charge on any atom is 0.305 e. The zero-order valence-electron chi connectivity index (χ0n) is 56.9. The zero-order chi connectivity index (χ0) is 60.6. The predicted molar refractivity (Wildman–Crippen MR) is 370 cm³/mol. The molecule has 0 spiro atoms. The van der Waals surface area contributed by atoms with Crippen LogP contribution in [0, 0.1) is 0 Å². The van der Waals surface area contributed by atoms with Gasteiger partial charge in [-0.1, -0.05) is 365 Å². The summed E-state index contributed by atoms with van der Waals surface area (Å²) in [6.07, 6.45) is 95.2. The van der Waals surface area contributed by atoms with Crippen molar-refractivity contribution < 1.29 is 24.5 Å². The molecule has 0 bridgehead atoms. The van der Waals surface area contributed by atoms with Crippen molar-refractivity contribution in [1.82, 2.24) is 5.32 Å². The maximum atomic E-state index is 12.5. The lowest BCUT2D eigenvalue weighted by atomic mass is 10.0. The molecule has 0 aliphatic heterocycles. The number of aliphatic hydroxyl groups excluding tert-OH is 2. The number of hydrogen-bond acceptors (Lipinski definition) is 5. The lowest BCUT2D eigenvalue weighted by Gasteiger charge is -2.22. The molecule has 0 radical (unpaired) electrons. The first-order chi connectivity index (χ1) is 41.5. The highest BCUT2D eigenvalue weighted by atomic mass is 16.5. The van der Waals surface area contributed by atoms with Crippen LogP contribution < -0.4 is 5.32 Å². The summed E-state index contributed by atoms with van der Waals surface area (Å²) in [6, 6.07) is -0.537. The van der Waals surface area contributed by atoms with Gasteiger partial charge in [0.25, 0.3) is 0 Å². The Hall–Kier alpha value is -1.92. The van der Waals surface area contributed by atoms with Gasteiger partial charge in [0, 0.05) is 12.8 Å². The topological polar surface area (TPSA) is 95.9 Å². The number of nitrogens with one attached hydrogen (secondary N) is 1. The number of esters is 1. The number of carbonyl (C=O) groups excluding carboxylic acids is 2. The molecule has 0 aromatic heterocycles. The molecule has 3 N–H and O–H groups in total. The number of rotatable bonds is 72. The molecular weight excluding hydrogens is 1030 g/mol. The predicted octanol–water partition coefficient (Wildman–Crippen LogP) is 25.0. The van der Waals surface area contributed by atoms with Gasteiger partial charge >= 0.3 is 5.97 Å². The third-order valence-corrected chi connectivity index (χ3v) is 17.9. The molecule has 0 rings (SSSR count). The molecule has 2 atom stereocenters. The van der Waals surface area contributed by atoms with Crippen LogP contribution in [-0.2, 0) is 14.3 Å². The highest BCUT2D eigenvalue weighted by Crippen LogP contribution is 2.19. The fourth-order valence-electron chi connectivity index (χ4n) is 12.1. The van der Waals surface area contributed by atoms with Crippen LogP contribution in [0.15, 0.2) is 36.5 Å². The van der Waals surface area contributed by atoms with Crippen LogP contribution in [0.5, 0.6) is 0 Å². The monoisotopic (exact) mass is 1180 g/mol. The number of carbonyl (C=O) groups is 2. The van der Waals surface area contributed by atoms with Gasteiger partial charge in [0.1, 0.15) is 0 Å². The quantitative estimate of drug-likeness (QED) is 0.0320. The highest BCUT2D eigenvalue weighted by Gasteiger charge is 2.20. The normalized spacial score (nSPS) is 12.7. The zero-order valence-corrected chi connectivity index (χ0v) is 56.9. The average Bonchev–Trinajstić information content (AvgIpc) is 3.51. The number of amides is 1. The van der Waals surface area contributed by atoms with Crippen LogP contribution in [0.1, 0.15) is 425 Å². The number of allylic oxidation sites excluding steroid dienone is 6. The molecule has 0 heterocycles. The van der Waals surface area contributed by atoms with Crippen molar-refractivity contribution >= 4 is 11.9 Å². The van der Waals surface area contributed by atoms with Crippen LogP contribution in [0.4, 0.5) is 0 Å². The minimum Gasteiger partial charge on any atom is -0.466 e. The third-order valence-electron chi connectivity index (χ3n) is 17.9. The minimum absolute atomic E-state index is 0.0146. The Morgan fingerprint density at radius 1 is 0.333 bits per heavy atom. The second-order valence-corrected chi connectivity index (χ2v) is 26.3. The summed E-state index contributed by atoms with van der Waals surface area (Å²) >= 11 is 0. The molecule has 6 heteroatoms. The summed E-state index contributed by atoms with van der Waals surface area (Å²) in [4.78, 5) is 24.6. The Labute approximate surface area is 525 Å². The van der Waals surface area contributed by atoms with Crippen molar-refractivity contribution in [2.24, 2.45) is 0 Å². The highest BCUT2D eigenvalue weighted by molar-refractivity contribution is 5.76. The van der Waals surface area contributed by atoms with Crippen LogP contribution in [-0.4, -0.2) is 47.4 Å². The van der Waals surface area contributed by atoms with E-state index in [1.807, 2.05) is 0 Å². The number of unbranched alkanes of at least 4 members (excludes halogenated alkanes) is 55. The molecule has 0 aliphatic rings. The van der Waals surface area contributed by atoms with Gasteiger partial charge in [0.15, 0.2) is 0 Å². The molecule has 6 nitrogen and oxygen atoms in total. The second kappa shape index (κ2) is 73.5. The van der Waals surface area contributed by atoms with Crippen LogP contribution in [0.25, 0.3) is 0 Å². The van der Waals surface area contributed by atoms with Crippen molar-refractivity contribution in [2.45, 2.75) is 437 Å². The van der Waals surface area contributed by atoms with Gasteiger partial charge in [-0.05, 0) is 83.5 Å². The van der Waals surface area contributed by atoms with Crippen molar-refractivity contribution in [3.8, 4) is 0 Å². The maximum absolute atomic E-state index is 12.5.